The van der Waals surface area contributed by atoms with E-state index in [2.05, 4.69) is 26.2 Å². The number of fused-ring (bicyclic) bond motifs is 1. The fourth-order valence-corrected chi connectivity index (χ4v) is 6.99. The van der Waals surface area contributed by atoms with Gasteiger partial charge in [-0.2, -0.15) is 0 Å². The van der Waals surface area contributed by atoms with Crippen LogP contribution in [-0.4, -0.2) is 55.9 Å². The van der Waals surface area contributed by atoms with Crippen LogP contribution in [0.15, 0.2) is 82.3 Å². The van der Waals surface area contributed by atoms with Gasteiger partial charge < -0.3 is 25.4 Å². The molecule has 0 saturated carbocycles. The Hall–Kier alpha value is -2.82. The highest BCUT2D eigenvalue weighted by Gasteiger charge is 2.58. The molecule has 10 heteroatoms. The summed E-state index contributed by atoms with van der Waals surface area (Å²) in [5.74, 6) is -0.542. The Morgan fingerprint density at radius 1 is 1.20 bits per heavy atom. The van der Waals surface area contributed by atoms with Gasteiger partial charge in [0.1, 0.15) is 4.75 Å². The standard InChI is InChI=1S/C30H29BrClN3O4S/c1-18-2-9-23(10-3-18)40-30(29(39)34-14-22(37)17-36)13-27(38)35(16-19-4-6-20(31)7-5-19)28(30)25-15-33-26-12-21(32)8-11-24(25)26/h2-12,15,22,28,33,36-37H,13-14,16-17H2,1H3,(H,34,39)/t22?,28-,30-/m1/s1. The molecule has 1 unspecified atom stereocenters. The van der Waals surface area contributed by atoms with Crippen LogP contribution in [0.25, 0.3) is 10.9 Å². The molecule has 4 N–H and O–H groups in total. The number of hydrogen-bond donors (Lipinski definition) is 4. The summed E-state index contributed by atoms with van der Waals surface area (Å²) in [6.07, 6.45) is 0.683. The number of aromatic nitrogens is 1. The summed E-state index contributed by atoms with van der Waals surface area (Å²) in [7, 11) is 0. The Bertz CT molecular complexity index is 1530. The minimum Gasteiger partial charge on any atom is -0.394 e. The number of rotatable bonds is 9. The molecule has 0 radical (unpaired) electrons. The molecule has 5 rings (SSSR count). The molecule has 1 saturated heterocycles. The second-order valence-electron chi connectivity index (χ2n) is 10.0. The molecule has 40 heavy (non-hydrogen) atoms. The summed E-state index contributed by atoms with van der Waals surface area (Å²) in [5.41, 5.74) is 3.61. The Kier molecular flexibility index (Phi) is 8.58. The number of amides is 2. The van der Waals surface area contributed by atoms with Crippen molar-refractivity contribution in [3.63, 3.8) is 0 Å². The molecule has 7 nitrogen and oxygen atoms in total. The summed E-state index contributed by atoms with van der Waals surface area (Å²) in [4.78, 5) is 34.0. The van der Waals surface area contributed by atoms with E-state index in [1.54, 1.807) is 11.0 Å². The predicted octanol–water partition coefficient (Wildman–Crippen LogP) is 5.37. The van der Waals surface area contributed by atoms with Crippen LogP contribution in [-0.2, 0) is 16.1 Å². The molecule has 1 fully saturated rings. The lowest BCUT2D eigenvalue weighted by Crippen LogP contribution is -2.50. The molecule has 2 amide bonds. The van der Waals surface area contributed by atoms with Crippen molar-refractivity contribution in [2.75, 3.05) is 13.2 Å². The Balaban J connectivity index is 1.66. The van der Waals surface area contributed by atoms with Gasteiger partial charge in [-0.3, -0.25) is 9.59 Å². The van der Waals surface area contributed by atoms with Gasteiger partial charge in [-0.05, 0) is 48.9 Å². The largest absolute Gasteiger partial charge is 0.394 e. The smallest absolute Gasteiger partial charge is 0.239 e. The van der Waals surface area contributed by atoms with Crippen molar-refractivity contribution in [2.45, 2.75) is 41.7 Å². The van der Waals surface area contributed by atoms with E-state index in [9.17, 15) is 19.8 Å². The topological polar surface area (TPSA) is 106 Å². The van der Waals surface area contributed by atoms with E-state index in [0.717, 1.165) is 37.0 Å². The number of benzene rings is 3. The van der Waals surface area contributed by atoms with Gasteiger partial charge in [0, 0.05) is 50.1 Å². The van der Waals surface area contributed by atoms with Crippen molar-refractivity contribution >= 4 is 62.0 Å². The summed E-state index contributed by atoms with van der Waals surface area (Å²) < 4.78 is -0.341. The minimum absolute atomic E-state index is 0.0476. The fourth-order valence-electron chi connectivity index (χ4n) is 5.13. The van der Waals surface area contributed by atoms with Crippen LogP contribution in [0.1, 0.15) is 29.2 Å². The maximum atomic E-state index is 14.2. The zero-order chi connectivity index (χ0) is 28.4. The Morgan fingerprint density at radius 3 is 2.62 bits per heavy atom. The molecule has 0 aliphatic carbocycles. The third kappa shape index (κ3) is 5.80. The lowest BCUT2D eigenvalue weighted by molar-refractivity contribution is -0.129. The monoisotopic (exact) mass is 641 g/mol. The van der Waals surface area contributed by atoms with Crippen molar-refractivity contribution in [1.82, 2.24) is 15.2 Å². The van der Waals surface area contributed by atoms with Crippen LogP contribution in [0.4, 0.5) is 0 Å². The van der Waals surface area contributed by atoms with Gasteiger partial charge in [-0.25, -0.2) is 0 Å². The molecule has 1 aliphatic heterocycles. The number of aliphatic hydroxyl groups is 2. The van der Waals surface area contributed by atoms with Crippen molar-refractivity contribution in [3.05, 3.63) is 99.1 Å². The number of aliphatic hydroxyl groups excluding tert-OH is 2. The molecule has 3 atom stereocenters. The Morgan fingerprint density at radius 2 is 1.93 bits per heavy atom. The zero-order valence-electron chi connectivity index (χ0n) is 21.7. The first kappa shape index (κ1) is 28.7. The van der Waals surface area contributed by atoms with Crippen molar-refractivity contribution in [2.24, 2.45) is 0 Å². The molecule has 0 spiro atoms. The number of H-pyrrole nitrogens is 1. The van der Waals surface area contributed by atoms with E-state index in [4.69, 9.17) is 11.6 Å². The van der Waals surface area contributed by atoms with E-state index >= 15 is 0 Å². The molecule has 2 heterocycles. The number of aromatic amines is 1. The van der Waals surface area contributed by atoms with Gasteiger partial charge in [0.2, 0.25) is 11.8 Å². The second kappa shape index (κ2) is 12.0. The molecule has 1 aromatic heterocycles. The fraction of sp³-hybridized carbons (Fsp3) is 0.267. The Labute approximate surface area is 250 Å². The highest BCUT2D eigenvalue weighted by Crippen LogP contribution is 2.54. The number of likely N-dealkylation sites (tertiary alicyclic amines) is 1. The first-order valence-corrected chi connectivity index (χ1v) is 14.8. The molecule has 1 aliphatic rings. The van der Waals surface area contributed by atoms with Gasteiger partial charge in [0.15, 0.2) is 0 Å². The number of carbonyl (C=O) groups excluding carboxylic acids is 2. The SMILES string of the molecule is Cc1ccc(S[C@]2(C(=O)NCC(O)CO)CC(=O)N(Cc3ccc(Br)cc3)[C@@H]2c2c[nH]c3cc(Cl)ccc23)cc1. The minimum atomic E-state index is -1.27. The molecular weight excluding hydrogens is 614 g/mol. The number of hydrogen-bond acceptors (Lipinski definition) is 5. The molecule has 208 valence electrons. The van der Waals surface area contributed by atoms with Gasteiger partial charge in [0.25, 0.3) is 0 Å². The summed E-state index contributed by atoms with van der Waals surface area (Å²) >= 11 is 11.1. The van der Waals surface area contributed by atoms with Crippen LogP contribution in [0.5, 0.6) is 0 Å². The zero-order valence-corrected chi connectivity index (χ0v) is 24.9. The van der Waals surface area contributed by atoms with Crippen molar-refractivity contribution in [3.8, 4) is 0 Å². The van der Waals surface area contributed by atoms with Crippen molar-refractivity contribution in [1.29, 1.82) is 0 Å². The number of aryl methyl sites for hydroxylation is 1. The summed E-state index contributed by atoms with van der Waals surface area (Å²) in [6, 6.07) is 20.5. The second-order valence-corrected chi connectivity index (χ2v) is 12.8. The average molecular weight is 643 g/mol. The van der Waals surface area contributed by atoms with E-state index < -0.39 is 23.5 Å². The number of nitrogens with zero attached hydrogens (tertiary/aromatic N) is 1. The van der Waals surface area contributed by atoms with Crippen LogP contribution in [0.2, 0.25) is 5.02 Å². The van der Waals surface area contributed by atoms with Crippen LogP contribution in [0.3, 0.4) is 0 Å². The van der Waals surface area contributed by atoms with E-state index in [0.29, 0.717) is 11.6 Å². The lowest BCUT2D eigenvalue weighted by Gasteiger charge is -2.36. The third-order valence-corrected chi connectivity index (χ3v) is 9.33. The van der Waals surface area contributed by atoms with Crippen molar-refractivity contribution < 1.29 is 19.8 Å². The number of thioether (sulfide) groups is 1. The summed E-state index contributed by atoms with van der Waals surface area (Å²) in [6.45, 7) is 1.67. The highest BCUT2D eigenvalue weighted by molar-refractivity contribution is 9.10. The number of carbonyl (C=O) groups is 2. The third-order valence-electron chi connectivity index (χ3n) is 7.14. The van der Waals surface area contributed by atoms with Crippen LogP contribution >= 0.6 is 39.3 Å². The normalized spacial score (nSPS) is 19.8. The van der Waals surface area contributed by atoms with Gasteiger partial charge in [-0.15, -0.1) is 11.8 Å². The van der Waals surface area contributed by atoms with E-state index in [1.165, 1.54) is 11.8 Å². The summed E-state index contributed by atoms with van der Waals surface area (Å²) in [5, 5.41) is 23.6. The van der Waals surface area contributed by atoms with Crippen LogP contribution in [0, 0.1) is 6.92 Å². The van der Waals surface area contributed by atoms with Gasteiger partial charge in [-0.1, -0.05) is 63.4 Å². The van der Waals surface area contributed by atoms with Gasteiger partial charge in [0.05, 0.1) is 25.2 Å². The predicted molar refractivity (Wildman–Crippen MR) is 161 cm³/mol. The number of nitrogens with one attached hydrogen (secondary N) is 2. The number of halogens is 2. The quantitative estimate of drug-likeness (QED) is 0.197. The molecular formula is C30H29BrClN3O4S. The molecule has 0 bridgehead atoms. The van der Waals surface area contributed by atoms with E-state index in [1.807, 2.05) is 73.8 Å². The average Bonchev–Trinajstić information content (AvgIpc) is 3.47. The highest BCUT2D eigenvalue weighted by atomic mass is 79.9. The maximum absolute atomic E-state index is 14.2. The van der Waals surface area contributed by atoms with Crippen LogP contribution < -0.4 is 5.32 Å². The lowest BCUT2D eigenvalue weighted by atomic mass is 9.91. The van der Waals surface area contributed by atoms with E-state index in [-0.39, 0.29) is 24.8 Å². The first-order valence-electron chi connectivity index (χ1n) is 12.8. The maximum Gasteiger partial charge on any atom is 0.239 e. The molecule has 3 aromatic carbocycles. The molecule has 4 aromatic rings. The first-order chi connectivity index (χ1) is 19.2. The van der Waals surface area contributed by atoms with Gasteiger partial charge >= 0.3 is 0 Å².